The molecule has 0 aromatic carbocycles. The lowest BCUT2D eigenvalue weighted by Gasteiger charge is -2.41. The average Bonchev–Trinajstić information content (AvgIpc) is 2.87. The van der Waals surface area contributed by atoms with Crippen LogP contribution < -0.4 is 5.73 Å². The Balaban J connectivity index is 2.14. The van der Waals surface area contributed by atoms with E-state index >= 15 is 0 Å². The van der Waals surface area contributed by atoms with Gasteiger partial charge in [-0.25, -0.2) is 0 Å². The first-order valence-corrected chi connectivity index (χ1v) is 7.77. The quantitative estimate of drug-likeness (QED) is 0.880. The maximum atomic E-state index is 10.1. The van der Waals surface area contributed by atoms with Gasteiger partial charge in [0.2, 0.25) is 0 Å². The number of aliphatic hydroxyl groups excluding tert-OH is 1. The van der Waals surface area contributed by atoms with Gasteiger partial charge in [0.1, 0.15) is 0 Å². The highest BCUT2D eigenvalue weighted by Gasteiger charge is 2.32. The summed E-state index contributed by atoms with van der Waals surface area (Å²) >= 11 is 1.72. The molecule has 2 heterocycles. The van der Waals surface area contributed by atoms with Crippen LogP contribution in [0.3, 0.4) is 0 Å². The molecule has 0 bridgehead atoms. The van der Waals surface area contributed by atoms with Crippen LogP contribution in [0, 0.1) is 5.92 Å². The van der Waals surface area contributed by atoms with Crippen LogP contribution >= 0.6 is 11.3 Å². The molecule has 2 rings (SSSR count). The van der Waals surface area contributed by atoms with E-state index in [1.165, 1.54) is 5.56 Å². The first kappa shape index (κ1) is 14.0. The van der Waals surface area contributed by atoms with Gasteiger partial charge in [0.15, 0.2) is 0 Å². The molecule has 0 saturated carbocycles. The van der Waals surface area contributed by atoms with Crippen molar-refractivity contribution in [3.8, 4) is 0 Å². The Bertz CT molecular complexity index is 355. The second-order valence-electron chi connectivity index (χ2n) is 5.40. The zero-order chi connectivity index (χ0) is 13.1. The summed E-state index contributed by atoms with van der Waals surface area (Å²) in [5.41, 5.74) is 7.60. The van der Waals surface area contributed by atoms with E-state index in [0.29, 0.717) is 5.92 Å². The molecule has 0 amide bonds. The lowest BCUT2D eigenvalue weighted by molar-refractivity contribution is 0.00405. The summed E-state index contributed by atoms with van der Waals surface area (Å²) in [5.74, 6) is 0.405. The lowest BCUT2D eigenvalue weighted by Crippen LogP contribution is -2.49. The third kappa shape index (κ3) is 2.94. The first-order valence-electron chi connectivity index (χ1n) is 6.83. The number of β-amino-alcohol motifs (C(OH)–C–C–N with tert-alkyl or cyclic N) is 1. The van der Waals surface area contributed by atoms with E-state index in [1.54, 1.807) is 11.3 Å². The van der Waals surface area contributed by atoms with Crippen LogP contribution in [-0.4, -0.2) is 35.2 Å². The fraction of sp³-hybridized carbons (Fsp3) is 0.714. The highest BCUT2D eigenvalue weighted by atomic mass is 32.1. The number of nitrogens with two attached hydrogens (primary N) is 1. The van der Waals surface area contributed by atoms with E-state index in [2.05, 4.69) is 35.6 Å². The Morgan fingerprint density at radius 2 is 2.39 bits per heavy atom. The molecule has 4 unspecified atom stereocenters. The number of rotatable bonds is 4. The largest absolute Gasteiger partial charge is 0.392 e. The van der Waals surface area contributed by atoms with E-state index < -0.39 is 0 Å². The van der Waals surface area contributed by atoms with Gasteiger partial charge in [-0.05, 0) is 47.7 Å². The van der Waals surface area contributed by atoms with Gasteiger partial charge in [-0.15, -0.1) is 0 Å². The molecule has 102 valence electrons. The third-order valence-electron chi connectivity index (χ3n) is 4.11. The number of thiophene rings is 1. The molecule has 1 fully saturated rings. The van der Waals surface area contributed by atoms with Gasteiger partial charge in [0, 0.05) is 12.6 Å². The van der Waals surface area contributed by atoms with E-state index in [1.807, 2.05) is 0 Å². The minimum atomic E-state index is -0.219. The fourth-order valence-electron chi connectivity index (χ4n) is 2.72. The third-order valence-corrected chi connectivity index (χ3v) is 4.81. The zero-order valence-corrected chi connectivity index (χ0v) is 12.1. The predicted molar refractivity (Wildman–Crippen MR) is 76.7 cm³/mol. The van der Waals surface area contributed by atoms with Crippen molar-refractivity contribution in [1.29, 1.82) is 0 Å². The highest BCUT2D eigenvalue weighted by Crippen LogP contribution is 2.30. The number of hydrogen-bond donors (Lipinski definition) is 2. The second kappa shape index (κ2) is 6.15. The zero-order valence-electron chi connectivity index (χ0n) is 11.2. The molecule has 1 aromatic rings. The van der Waals surface area contributed by atoms with Crippen molar-refractivity contribution in [2.75, 3.05) is 13.1 Å². The molecular weight excluding hydrogens is 244 g/mol. The van der Waals surface area contributed by atoms with Crippen LogP contribution in [-0.2, 0) is 0 Å². The highest BCUT2D eigenvalue weighted by molar-refractivity contribution is 7.07. The van der Waals surface area contributed by atoms with Crippen molar-refractivity contribution in [3.63, 3.8) is 0 Å². The number of nitrogens with zero attached hydrogens (tertiary/aromatic N) is 1. The molecule has 1 saturated heterocycles. The molecule has 0 aliphatic carbocycles. The summed E-state index contributed by atoms with van der Waals surface area (Å²) in [7, 11) is 0. The summed E-state index contributed by atoms with van der Waals surface area (Å²) < 4.78 is 0. The number of likely N-dealkylation sites (tertiary alicyclic amines) is 1. The van der Waals surface area contributed by atoms with Gasteiger partial charge in [0.25, 0.3) is 0 Å². The van der Waals surface area contributed by atoms with Crippen LogP contribution in [0.2, 0.25) is 0 Å². The topological polar surface area (TPSA) is 49.5 Å². The summed E-state index contributed by atoms with van der Waals surface area (Å²) in [6.45, 7) is 6.04. The molecule has 4 heteroatoms. The van der Waals surface area contributed by atoms with Crippen molar-refractivity contribution in [1.82, 2.24) is 4.90 Å². The van der Waals surface area contributed by atoms with Crippen molar-refractivity contribution in [3.05, 3.63) is 22.4 Å². The normalized spacial score (nSPS) is 29.1. The van der Waals surface area contributed by atoms with Gasteiger partial charge in [-0.3, -0.25) is 4.90 Å². The van der Waals surface area contributed by atoms with Gasteiger partial charge in [-0.1, -0.05) is 13.8 Å². The monoisotopic (exact) mass is 268 g/mol. The average molecular weight is 268 g/mol. The molecule has 1 aromatic heterocycles. The van der Waals surface area contributed by atoms with Crippen LogP contribution in [0.25, 0.3) is 0 Å². The molecule has 1 aliphatic rings. The molecule has 3 nitrogen and oxygen atoms in total. The Kier molecular flexibility index (Phi) is 4.78. The van der Waals surface area contributed by atoms with Gasteiger partial charge < -0.3 is 10.8 Å². The summed E-state index contributed by atoms with van der Waals surface area (Å²) in [6, 6.07) is 2.55. The summed E-state index contributed by atoms with van der Waals surface area (Å²) in [5, 5.41) is 14.4. The molecular formula is C14H24N2OS. The van der Waals surface area contributed by atoms with E-state index in [-0.39, 0.29) is 18.2 Å². The second-order valence-corrected chi connectivity index (χ2v) is 6.18. The van der Waals surface area contributed by atoms with Gasteiger partial charge >= 0.3 is 0 Å². The van der Waals surface area contributed by atoms with Gasteiger partial charge in [-0.2, -0.15) is 11.3 Å². The van der Waals surface area contributed by atoms with E-state index in [9.17, 15) is 5.11 Å². The Hall–Kier alpha value is -0.420. The maximum Gasteiger partial charge on any atom is 0.0693 e. The fourth-order valence-corrected chi connectivity index (χ4v) is 3.41. The van der Waals surface area contributed by atoms with Gasteiger partial charge in [0.05, 0.1) is 12.1 Å². The summed E-state index contributed by atoms with van der Waals surface area (Å²) in [6.07, 6.45) is 1.80. The SMILES string of the molecule is CCC(N)C(c1ccsc1)N1CCC(C)C(O)C1. The predicted octanol–water partition coefficient (Wildman–Crippen LogP) is 2.23. The van der Waals surface area contributed by atoms with E-state index in [0.717, 1.165) is 25.9 Å². The van der Waals surface area contributed by atoms with Crippen molar-refractivity contribution in [2.24, 2.45) is 11.7 Å². The number of hydrogen-bond acceptors (Lipinski definition) is 4. The smallest absolute Gasteiger partial charge is 0.0693 e. The lowest BCUT2D eigenvalue weighted by atomic mass is 9.91. The molecule has 0 radical (unpaired) electrons. The maximum absolute atomic E-state index is 10.1. The molecule has 18 heavy (non-hydrogen) atoms. The van der Waals surface area contributed by atoms with Crippen LogP contribution in [0.15, 0.2) is 16.8 Å². The molecule has 1 aliphatic heterocycles. The Morgan fingerprint density at radius 3 is 2.94 bits per heavy atom. The minimum Gasteiger partial charge on any atom is -0.392 e. The van der Waals surface area contributed by atoms with Crippen LogP contribution in [0.4, 0.5) is 0 Å². The standard InChI is InChI=1S/C14H24N2OS/c1-3-12(15)14(11-5-7-18-9-11)16-6-4-10(2)13(17)8-16/h5,7,9-10,12-14,17H,3-4,6,8,15H2,1-2H3. The van der Waals surface area contributed by atoms with Crippen LogP contribution in [0.1, 0.15) is 38.3 Å². The van der Waals surface area contributed by atoms with Crippen molar-refractivity contribution in [2.45, 2.75) is 44.9 Å². The molecule has 3 N–H and O–H groups in total. The van der Waals surface area contributed by atoms with Crippen molar-refractivity contribution >= 4 is 11.3 Å². The molecule has 4 atom stereocenters. The van der Waals surface area contributed by atoms with Crippen molar-refractivity contribution < 1.29 is 5.11 Å². The number of piperidine rings is 1. The van der Waals surface area contributed by atoms with E-state index in [4.69, 9.17) is 5.73 Å². The molecule has 0 spiro atoms. The minimum absolute atomic E-state index is 0.139. The first-order chi connectivity index (χ1) is 8.63. The Labute approximate surface area is 114 Å². The Morgan fingerprint density at radius 1 is 1.61 bits per heavy atom. The summed E-state index contributed by atoms with van der Waals surface area (Å²) in [4.78, 5) is 2.36. The number of aliphatic hydroxyl groups is 1. The van der Waals surface area contributed by atoms with Crippen LogP contribution in [0.5, 0.6) is 0 Å².